The van der Waals surface area contributed by atoms with Crippen molar-refractivity contribution >= 4 is 7.85 Å². The smallest absolute Gasteiger partial charge is 0.143 e. The van der Waals surface area contributed by atoms with E-state index in [1.807, 2.05) is 0 Å². The van der Waals surface area contributed by atoms with Gasteiger partial charge in [0.25, 0.3) is 0 Å². The first-order valence-corrected chi connectivity index (χ1v) is 3.38. The molecule has 4 nitrogen and oxygen atoms in total. The van der Waals surface area contributed by atoms with Gasteiger partial charge in [0.2, 0.25) is 0 Å². The van der Waals surface area contributed by atoms with Crippen molar-refractivity contribution in [1.29, 1.82) is 0 Å². The van der Waals surface area contributed by atoms with E-state index >= 15 is 0 Å². The maximum Gasteiger partial charge on any atom is 0.143 e. The fraction of sp³-hybridized carbons (Fsp3) is 1.00. The van der Waals surface area contributed by atoms with Gasteiger partial charge in [-0.1, -0.05) is 0 Å². The maximum atomic E-state index is 8.11. The Morgan fingerprint density at radius 3 is 2.50 bits per heavy atom. The lowest BCUT2D eigenvalue weighted by atomic mass is 9.95. The monoisotopic (exact) mass is 148 g/mol. The molecule has 0 aliphatic carbocycles. The SMILES string of the molecule is BC(CCCCOO)OO. The Balaban J connectivity index is 2.89. The highest BCUT2D eigenvalue weighted by molar-refractivity contribution is 6.10. The number of hydrogen-bond acceptors (Lipinski definition) is 4. The molecule has 0 bridgehead atoms. The Labute approximate surface area is 61.0 Å². The molecule has 0 spiro atoms. The highest BCUT2D eigenvalue weighted by atomic mass is 17.1. The first-order chi connectivity index (χ1) is 4.81. The summed E-state index contributed by atoms with van der Waals surface area (Å²) in [5.74, 6) is 0. The molecule has 2 N–H and O–H groups in total. The second kappa shape index (κ2) is 7.02. The van der Waals surface area contributed by atoms with Gasteiger partial charge in [0.05, 0.1) is 12.6 Å². The molecule has 0 aromatic rings. The van der Waals surface area contributed by atoms with Crippen LogP contribution >= 0.6 is 0 Å². The molecule has 0 aromatic heterocycles. The van der Waals surface area contributed by atoms with Gasteiger partial charge in [0.15, 0.2) is 0 Å². The fourth-order valence-electron chi connectivity index (χ4n) is 0.651. The lowest BCUT2D eigenvalue weighted by Gasteiger charge is -2.04. The van der Waals surface area contributed by atoms with Gasteiger partial charge in [-0.05, 0) is 19.3 Å². The molecule has 0 amide bonds. The predicted molar refractivity (Wildman–Crippen MR) is 38.5 cm³/mol. The largest absolute Gasteiger partial charge is 0.252 e. The van der Waals surface area contributed by atoms with Crippen LogP contribution in [0, 0.1) is 0 Å². The first kappa shape index (κ1) is 9.90. The van der Waals surface area contributed by atoms with Crippen LogP contribution in [0.25, 0.3) is 0 Å². The fourth-order valence-corrected chi connectivity index (χ4v) is 0.651. The third kappa shape index (κ3) is 6.03. The maximum absolute atomic E-state index is 8.11. The topological polar surface area (TPSA) is 58.9 Å². The quantitative estimate of drug-likeness (QED) is 0.242. The van der Waals surface area contributed by atoms with E-state index in [2.05, 4.69) is 9.78 Å². The highest BCUT2D eigenvalue weighted by Gasteiger charge is 1.99. The molecule has 60 valence electrons. The summed E-state index contributed by atoms with van der Waals surface area (Å²) in [5.41, 5.74) is 0. The molecule has 0 radical (unpaired) electrons. The van der Waals surface area contributed by atoms with E-state index in [1.54, 1.807) is 7.85 Å². The zero-order valence-corrected chi connectivity index (χ0v) is 6.12. The van der Waals surface area contributed by atoms with E-state index in [0.717, 1.165) is 19.3 Å². The Bertz CT molecular complexity index is 70.7. The molecule has 5 heteroatoms. The van der Waals surface area contributed by atoms with Gasteiger partial charge in [0.1, 0.15) is 7.85 Å². The van der Waals surface area contributed by atoms with Gasteiger partial charge >= 0.3 is 0 Å². The second-order valence-electron chi connectivity index (χ2n) is 2.25. The Morgan fingerprint density at radius 1 is 1.30 bits per heavy atom. The minimum Gasteiger partial charge on any atom is -0.252 e. The van der Waals surface area contributed by atoms with Gasteiger partial charge in [-0.2, -0.15) is 0 Å². The van der Waals surface area contributed by atoms with Gasteiger partial charge in [-0.15, -0.1) is 0 Å². The van der Waals surface area contributed by atoms with Gasteiger partial charge in [0, 0.05) is 0 Å². The summed E-state index contributed by atoms with van der Waals surface area (Å²) in [4.78, 5) is 7.88. The third-order valence-electron chi connectivity index (χ3n) is 1.28. The van der Waals surface area contributed by atoms with Crippen molar-refractivity contribution in [1.82, 2.24) is 0 Å². The minimum absolute atomic E-state index is 0.126. The van der Waals surface area contributed by atoms with E-state index in [4.69, 9.17) is 10.5 Å². The standard InChI is InChI=1S/C5H13BO4/c6-5(10-8)3-1-2-4-9-7/h5,7-8H,1-4,6H2. The summed E-state index contributed by atoms with van der Waals surface area (Å²) in [7, 11) is 1.78. The minimum atomic E-state index is -0.126. The van der Waals surface area contributed by atoms with Crippen LogP contribution in [0.15, 0.2) is 0 Å². The molecule has 10 heavy (non-hydrogen) atoms. The molecule has 0 rings (SSSR count). The average Bonchev–Trinajstić information content (AvgIpc) is 1.98. The lowest BCUT2D eigenvalue weighted by Crippen LogP contribution is -2.10. The number of rotatable bonds is 6. The normalized spacial score (nSPS) is 13.4. The van der Waals surface area contributed by atoms with Crippen LogP contribution in [0.5, 0.6) is 0 Å². The zero-order chi connectivity index (χ0) is 7.82. The Kier molecular flexibility index (Phi) is 6.95. The van der Waals surface area contributed by atoms with Crippen LogP contribution < -0.4 is 0 Å². The predicted octanol–water partition coefficient (Wildman–Crippen LogP) is 0.0951. The van der Waals surface area contributed by atoms with E-state index < -0.39 is 0 Å². The Hall–Kier alpha value is -0.0951. The molecule has 0 heterocycles. The Morgan fingerprint density at radius 2 is 2.00 bits per heavy atom. The summed E-state index contributed by atoms with van der Waals surface area (Å²) >= 11 is 0. The molecule has 0 saturated carbocycles. The first-order valence-electron chi connectivity index (χ1n) is 3.38. The van der Waals surface area contributed by atoms with E-state index in [1.165, 1.54) is 0 Å². The second-order valence-corrected chi connectivity index (χ2v) is 2.25. The lowest BCUT2D eigenvalue weighted by molar-refractivity contribution is -0.259. The van der Waals surface area contributed by atoms with Crippen molar-refractivity contribution in [3.8, 4) is 0 Å². The third-order valence-corrected chi connectivity index (χ3v) is 1.28. The van der Waals surface area contributed by atoms with Crippen LogP contribution in [0.1, 0.15) is 19.3 Å². The summed E-state index contributed by atoms with van der Waals surface area (Å²) in [6.45, 7) is 0.345. The van der Waals surface area contributed by atoms with Crippen LogP contribution in [0.3, 0.4) is 0 Å². The zero-order valence-electron chi connectivity index (χ0n) is 6.12. The molecule has 1 unspecified atom stereocenters. The molecule has 0 aromatic carbocycles. The van der Waals surface area contributed by atoms with E-state index in [9.17, 15) is 0 Å². The van der Waals surface area contributed by atoms with Crippen LogP contribution in [0.2, 0.25) is 0 Å². The molecule has 0 saturated heterocycles. The molecule has 0 aliphatic heterocycles. The summed E-state index contributed by atoms with van der Waals surface area (Å²) in [5, 5.41) is 16.0. The van der Waals surface area contributed by atoms with Crippen molar-refractivity contribution in [2.45, 2.75) is 25.3 Å². The molecule has 1 atom stereocenters. The van der Waals surface area contributed by atoms with Gasteiger partial charge < -0.3 is 0 Å². The summed E-state index contributed by atoms with van der Waals surface area (Å²) in [6, 6.07) is -0.126. The van der Waals surface area contributed by atoms with Crippen molar-refractivity contribution in [2.75, 3.05) is 6.61 Å². The van der Waals surface area contributed by atoms with Gasteiger partial charge in [-0.3, -0.25) is 10.5 Å². The molecular weight excluding hydrogens is 135 g/mol. The van der Waals surface area contributed by atoms with Crippen LogP contribution in [-0.4, -0.2) is 31.0 Å². The molecular formula is C5H13BO4. The van der Waals surface area contributed by atoms with Crippen molar-refractivity contribution in [3.63, 3.8) is 0 Å². The summed E-state index contributed by atoms with van der Waals surface area (Å²) < 4.78 is 0. The number of hydrogen-bond donors (Lipinski definition) is 2. The molecule has 0 fully saturated rings. The summed E-state index contributed by atoms with van der Waals surface area (Å²) in [6.07, 6.45) is 2.44. The van der Waals surface area contributed by atoms with Crippen LogP contribution in [0.4, 0.5) is 0 Å². The molecule has 0 aliphatic rings. The van der Waals surface area contributed by atoms with Crippen LogP contribution in [-0.2, 0) is 9.78 Å². The van der Waals surface area contributed by atoms with Gasteiger partial charge in [-0.25, -0.2) is 9.78 Å². The van der Waals surface area contributed by atoms with E-state index in [-0.39, 0.29) is 6.00 Å². The average molecular weight is 148 g/mol. The highest BCUT2D eigenvalue weighted by Crippen LogP contribution is 1.99. The van der Waals surface area contributed by atoms with Crippen molar-refractivity contribution in [2.24, 2.45) is 0 Å². The van der Waals surface area contributed by atoms with Crippen molar-refractivity contribution < 1.29 is 20.3 Å². The van der Waals surface area contributed by atoms with Crippen molar-refractivity contribution in [3.05, 3.63) is 0 Å². The van der Waals surface area contributed by atoms with E-state index in [0.29, 0.717) is 6.61 Å². The number of unbranched alkanes of at least 4 members (excludes halogenated alkanes) is 1.